The van der Waals surface area contributed by atoms with Gasteiger partial charge in [-0.25, -0.2) is 4.98 Å². The number of imidazole rings is 1. The molecule has 1 aromatic carbocycles. The van der Waals surface area contributed by atoms with E-state index in [0.29, 0.717) is 24.5 Å². The summed E-state index contributed by atoms with van der Waals surface area (Å²) < 4.78 is 13.7. The van der Waals surface area contributed by atoms with Crippen LogP contribution in [0.1, 0.15) is 27.7 Å². The molecule has 0 spiro atoms. The Morgan fingerprint density at radius 3 is 2.42 bits per heavy atom. The number of nitrogens with zero attached hydrogens (tertiary/aromatic N) is 7. The molecule has 9 heteroatoms. The molecular formula is C22H29N7O2. The van der Waals surface area contributed by atoms with Gasteiger partial charge < -0.3 is 19.3 Å². The predicted octanol–water partition coefficient (Wildman–Crippen LogP) is 2.44. The van der Waals surface area contributed by atoms with Gasteiger partial charge in [0.05, 0.1) is 42.0 Å². The first kappa shape index (κ1) is 20.1. The van der Waals surface area contributed by atoms with Crippen LogP contribution in [0.5, 0.6) is 0 Å². The number of rotatable bonds is 3. The summed E-state index contributed by atoms with van der Waals surface area (Å²) in [6.07, 6.45) is 2.12. The van der Waals surface area contributed by atoms with Crippen LogP contribution in [-0.2, 0) is 9.47 Å². The number of anilines is 2. The third kappa shape index (κ3) is 3.83. The van der Waals surface area contributed by atoms with Crippen molar-refractivity contribution in [3.8, 4) is 5.95 Å². The maximum absolute atomic E-state index is 5.92. The van der Waals surface area contributed by atoms with Crippen molar-refractivity contribution < 1.29 is 9.47 Å². The number of aromatic nitrogens is 5. The van der Waals surface area contributed by atoms with Crippen molar-refractivity contribution in [3.05, 3.63) is 30.6 Å². The maximum atomic E-state index is 5.92. The molecule has 0 unspecified atom stereocenters. The quantitative estimate of drug-likeness (QED) is 0.635. The number of para-hydroxylation sites is 2. The minimum atomic E-state index is 0.106. The van der Waals surface area contributed by atoms with Crippen LogP contribution in [0.15, 0.2) is 30.6 Å². The van der Waals surface area contributed by atoms with Gasteiger partial charge in [0, 0.05) is 19.6 Å². The standard InChI is InChI=1S/C22H29N7O2/c1-14-11-27(12-15(2)31-14)20-24-21(28-9-10-30-17(4)16(28)3)26-22(25-20)29-13-23-18-7-5-6-8-19(18)29/h5-8,13-17H,9-12H2,1-4H3/t14-,15+,16-,17+/m1/s1. The van der Waals surface area contributed by atoms with Crippen LogP contribution in [0, 0.1) is 0 Å². The van der Waals surface area contributed by atoms with E-state index in [1.165, 1.54) is 0 Å². The fraction of sp³-hybridized carbons (Fsp3) is 0.545. The molecule has 2 aliphatic rings. The van der Waals surface area contributed by atoms with Crippen LogP contribution in [0.25, 0.3) is 17.0 Å². The highest BCUT2D eigenvalue weighted by Gasteiger charge is 2.30. The number of morpholine rings is 2. The Kier molecular flexibility index (Phi) is 5.23. The van der Waals surface area contributed by atoms with Crippen molar-refractivity contribution in [1.29, 1.82) is 0 Å². The van der Waals surface area contributed by atoms with E-state index >= 15 is 0 Å². The van der Waals surface area contributed by atoms with Gasteiger partial charge in [-0.05, 0) is 39.8 Å². The van der Waals surface area contributed by atoms with E-state index in [9.17, 15) is 0 Å². The second-order valence-corrected chi connectivity index (χ2v) is 8.51. The predicted molar refractivity (Wildman–Crippen MR) is 119 cm³/mol. The summed E-state index contributed by atoms with van der Waals surface area (Å²) in [6, 6.07) is 8.17. The Bertz CT molecular complexity index is 1060. The molecule has 2 fully saturated rings. The SMILES string of the molecule is C[C@@H]1CN(c2nc(N3CCO[C@@H](C)[C@H]3C)nc(-n3cnc4ccccc43)n2)C[C@H](C)O1. The minimum absolute atomic E-state index is 0.106. The molecule has 0 radical (unpaired) electrons. The average molecular weight is 424 g/mol. The van der Waals surface area contributed by atoms with E-state index in [-0.39, 0.29) is 24.4 Å². The number of hydrogen-bond acceptors (Lipinski definition) is 8. The Hall–Kier alpha value is -2.78. The fourth-order valence-electron chi connectivity index (χ4n) is 4.40. The van der Waals surface area contributed by atoms with E-state index in [1.807, 2.05) is 28.8 Å². The molecule has 0 amide bonds. The van der Waals surface area contributed by atoms with Crippen molar-refractivity contribution in [1.82, 2.24) is 24.5 Å². The minimum Gasteiger partial charge on any atom is -0.375 e. The Balaban J connectivity index is 1.62. The molecule has 5 rings (SSSR count). The molecule has 0 aliphatic carbocycles. The van der Waals surface area contributed by atoms with Gasteiger partial charge in [0.1, 0.15) is 6.33 Å². The molecule has 2 aromatic heterocycles. The van der Waals surface area contributed by atoms with Gasteiger partial charge in [0.25, 0.3) is 0 Å². The summed E-state index contributed by atoms with van der Waals surface area (Å²) in [4.78, 5) is 23.6. The molecular weight excluding hydrogens is 394 g/mol. The zero-order valence-electron chi connectivity index (χ0n) is 18.5. The van der Waals surface area contributed by atoms with Gasteiger partial charge in [0.15, 0.2) is 0 Å². The number of ether oxygens (including phenoxy) is 2. The Morgan fingerprint density at radius 1 is 0.903 bits per heavy atom. The molecule has 4 atom stereocenters. The first-order valence-corrected chi connectivity index (χ1v) is 11.0. The number of hydrogen-bond donors (Lipinski definition) is 0. The van der Waals surface area contributed by atoms with Crippen molar-refractivity contribution in [2.24, 2.45) is 0 Å². The molecule has 2 aliphatic heterocycles. The number of benzene rings is 1. The summed E-state index contributed by atoms with van der Waals surface area (Å²) in [7, 11) is 0. The van der Waals surface area contributed by atoms with Crippen LogP contribution >= 0.6 is 0 Å². The summed E-state index contributed by atoms with van der Waals surface area (Å²) in [5, 5.41) is 0. The highest BCUT2D eigenvalue weighted by Crippen LogP contribution is 2.25. The number of fused-ring (bicyclic) bond motifs is 1. The van der Waals surface area contributed by atoms with E-state index in [0.717, 1.165) is 30.7 Å². The first-order valence-electron chi connectivity index (χ1n) is 11.0. The zero-order valence-corrected chi connectivity index (χ0v) is 18.5. The van der Waals surface area contributed by atoms with Gasteiger partial charge in [-0.2, -0.15) is 15.0 Å². The lowest BCUT2D eigenvalue weighted by Gasteiger charge is -2.39. The molecule has 0 saturated carbocycles. The lowest BCUT2D eigenvalue weighted by molar-refractivity contribution is -0.00574. The summed E-state index contributed by atoms with van der Waals surface area (Å²) in [5.74, 6) is 1.92. The summed E-state index contributed by atoms with van der Waals surface area (Å²) in [5.41, 5.74) is 1.88. The van der Waals surface area contributed by atoms with Gasteiger partial charge in [-0.1, -0.05) is 12.1 Å². The third-order valence-corrected chi connectivity index (χ3v) is 6.11. The second-order valence-electron chi connectivity index (χ2n) is 8.51. The maximum Gasteiger partial charge on any atom is 0.242 e. The second kappa shape index (κ2) is 8.05. The van der Waals surface area contributed by atoms with E-state index in [4.69, 9.17) is 24.4 Å². The van der Waals surface area contributed by atoms with Crippen LogP contribution in [-0.4, -0.2) is 75.1 Å². The Morgan fingerprint density at radius 2 is 1.61 bits per heavy atom. The lowest BCUT2D eigenvalue weighted by atomic mass is 10.1. The average Bonchev–Trinajstić information content (AvgIpc) is 3.19. The van der Waals surface area contributed by atoms with Crippen LogP contribution in [0.4, 0.5) is 11.9 Å². The van der Waals surface area contributed by atoms with Crippen molar-refractivity contribution >= 4 is 22.9 Å². The van der Waals surface area contributed by atoms with Crippen molar-refractivity contribution in [3.63, 3.8) is 0 Å². The fourth-order valence-corrected chi connectivity index (χ4v) is 4.40. The van der Waals surface area contributed by atoms with Gasteiger partial charge >= 0.3 is 0 Å². The largest absolute Gasteiger partial charge is 0.375 e. The van der Waals surface area contributed by atoms with Crippen molar-refractivity contribution in [2.45, 2.75) is 52.0 Å². The van der Waals surface area contributed by atoms with Crippen molar-refractivity contribution in [2.75, 3.05) is 36.0 Å². The normalized spacial score (nSPS) is 27.1. The lowest BCUT2D eigenvalue weighted by Crippen LogP contribution is -2.50. The summed E-state index contributed by atoms with van der Waals surface area (Å²) >= 11 is 0. The molecule has 4 heterocycles. The third-order valence-electron chi connectivity index (χ3n) is 6.11. The molecule has 164 valence electrons. The van der Waals surface area contributed by atoms with Crippen LogP contribution in [0.3, 0.4) is 0 Å². The highest BCUT2D eigenvalue weighted by molar-refractivity contribution is 5.76. The monoisotopic (exact) mass is 423 g/mol. The van der Waals surface area contributed by atoms with Gasteiger partial charge in [-0.3, -0.25) is 4.57 Å². The summed E-state index contributed by atoms with van der Waals surface area (Å²) in [6.45, 7) is 11.3. The topological polar surface area (TPSA) is 81.4 Å². The van der Waals surface area contributed by atoms with E-state index < -0.39 is 0 Å². The smallest absolute Gasteiger partial charge is 0.242 e. The first-order chi connectivity index (χ1) is 15.0. The van der Waals surface area contributed by atoms with Crippen LogP contribution in [0.2, 0.25) is 0 Å². The van der Waals surface area contributed by atoms with E-state index in [1.54, 1.807) is 6.33 Å². The molecule has 2 saturated heterocycles. The highest BCUT2D eigenvalue weighted by atomic mass is 16.5. The molecule has 31 heavy (non-hydrogen) atoms. The Labute approximate surface area is 182 Å². The molecule has 3 aromatic rings. The molecule has 0 bridgehead atoms. The zero-order chi connectivity index (χ0) is 21.5. The van der Waals surface area contributed by atoms with Crippen LogP contribution < -0.4 is 9.80 Å². The van der Waals surface area contributed by atoms with Gasteiger partial charge in [-0.15, -0.1) is 0 Å². The molecule has 0 N–H and O–H groups in total. The van der Waals surface area contributed by atoms with Gasteiger partial charge in [0.2, 0.25) is 17.8 Å². The molecule has 9 nitrogen and oxygen atoms in total. The van der Waals surface area contributed by atoms with E-state index in [2.05, 4.69) is 42.5 Å².